The molecule has 0 amide bonds. The summed E-state index contributed by atoms with van der Waals surface area (Å²) in [4.78, 5) is 1.06. The van der Waals surface area contributed by atoms with Gasteiger partial charge in [0.25, 0.3) is 0 Å². The van der Waals surface area contributed by atoms with E-state index < -0.39 is 7.12 Å². The van der Waals surface area contributed by atoms with Crippen LogP contribution in [0.5, 0.6) is 0 Å². The lowest BCUT2D eigenvalue weighted by atomic mass is 9.81. The van der Waals surface area contributed by atoms with Gasteiger partial charge in [-0.15, -0.1) is 11.3 Å². The summed E-state index contributed by atoms with van der Waals surface area (Å²) < 4.78 is 5.22. The smallest absolute Gasteiger partial charge is 0.423 e. The van der Waals surface area contributed by atoms with Crippen LogP contribution in [0, 0.1) is 0 Å². The molecule has 0 spiro atoms. The van der Waals surface area contributed by atoms with Gasteiger partial charge in [-0.1, -0.05) is 0 Å². The summed E-state index contributed by atoms with van der Waals surface area (Å²) in [6.07, 6.45) is 0.0243. The van der Waals surface area contributed by atoms with Gasteiger partial charge in [0.15, 0.2) is 0 Å². The molecule has 0 saturated carbocycles. The third kappa shape index (κ3) is 3.12. The molecule has 0 fully saturated rings. The third-order valence-corrected chi connectivity index (χ3v) is 2.54. The first kappa shape index (κ1) is 10.7. The zero-order valence-corrected chi connectivity index (χ0v) is 8.67. The predicted octanol–water partition coefficient (Wildman–Crippen LogP) is 0.319. The minimum atomic E-state index is -0.823. The van der Waals surface area contributed by atoms with Crippen LogP contribution in [0.2, 0.25) is 0 Å². The maximum absolute atomic E-state index is 9.54. The van der Waals surface area contributed by atoms with Crippen LogP contribution in [-0.4, -0.2) is 18.2 Å². The topological polar surface area (TPSA) is 55.5 Å². The molecule has 13 heavy (non-hydrogen) atoms. The summed E-state index contributed by atoms with van der Waals surface area (Å²) in [7, 11) is -0.823. The average Bonchev–Trinajstić information content (AvgIpc) is 2.50. The van der Waals surface area contributed by atoms with Crippen molar-refractivity contribution in [1.82, 2.24) is 0 Å². The molecule has 1 rings (SSSR count). The number of thiophene rings is 1. The fraction of sp³-hybridized carbons (Fsp3) is 0.500. The van der Waals surface area contributed by atoms with Crippen molar-refractivity contribution in [1.29, 1.82) is 0 Å². The Morgan fingerprint density at radius 2 is 2.38 bits per heavy atom. The molecule has 0 unspecified atom stereocenters. The molecule has 0 bridgehead atoms. The third-order valence-electron chi connectivity index (χ3n) is 1.56. The minimum Gasteiger partial charge on any atom is -0.423 e. The van der Waals surface area contributed by atoms with Gasteiger partial charge < -0.3 is 15.4 Å². The second kappa shape index (κ2) is 4.76. The Kier molecular flexibility index (Phi) is 3.93. The summed E-state index contributed by atoms with van der Waals surface area (Å²) in [6, 6.07) is 1.87. The van der Waals surface area contributed by atoms with Crippen molar-refractivity contribution in [2.45, 2.75) is 26.5 Å². The fourth-order valence-corrected chi connectivity index (χ4v) is 1.74. The molecular formula is C8H14BNO2S. The summed E-state index contributed by atoms with van der Waals surface area (Å²) >= 11 is 1.54. The van der Waals surface area contributed by atoms with E-state index in [2.05, 4.69) is 0 Å². The molecule has 72 valence electrons. The molecule has 0 radical (unpaired) electrons. The Morgan fingerprint density at radius 1 is 1.69 bits per heavy atom. The van der Waals surface area contributed by atoms with Crippen molar-refractivity contribution in [2.75, 3.05) is 0 Å². The molecule has 0 aliphatic rings. The van der Waals surface area contributed by atoms with Crippen LogP contribution in [0.15, 0.2) is 11.4 Å². The molecule has 3 nitrogen and oxygen atoms in total. The fourth-order valence-electron chi connectivity index (χ4n) is 0.971. The standard InChI is InChI=1S/C8H14BNO2S/c1-6(2)12-9(11)7-3-8(4-10)13-5-7/h3,5-6,11H,4,10H2,1-2H3. The lowest BCUT2D eigenvalue weighted by Gasteiger charge is -2.09. The first-order valence-corrected chi connectivity index (χ1v) is 5.12. The first-order chi connectivity index (χ1) is 6.13. The van der Waals surface area contributed by atoms with Crippen molar-refractivity contribution < 1.29 is 9.68 Å². The lowest BCUT2D eigenvalue weighted by molar-refractivity contribution is 0.207. The zero-order valence-electron chi connectivity index (χ0n) is 7.86. The van der Waals surface area contributed by atoms with E-state index in [9.17, 15) is 5.02 Å². The van der Waals surface area contributed by atoms with Gasteiger partial charge in [0.05, 0.1) is 0 Å². The van der Waals surface area contributed by atoms with E-state index in [4.69, 9.17) is 10.4 Å². The molecule has 0 saturated heterocycles. The Bertz CT molecular complexity index is 264. The van der Waals surface area contributed by atoms with Gasteiger partial charge in [-0.05, 0) is 30.8 Å². The number of rotatable bonds is 4. The lowest BCUT2D eigenvalue weighted by Crippen LogP contribution is -2.34. The molecule has 1 aromatic rings. The van der Waals surface area contributed by atoms with Crippen molar-refractivity contribution in [3.8, 4) is 0 Å². The second-order valence-electron chi connectivity index (χ2n) is 3.09. The van der Waals surface area contributed by atoms with Crippen LogP contribution >= 0.6 is 11.3 Å². The Balaban J connectivity index is 2.60. The van der Waals surface area contributed by atoms with Gasteiger partial charge in [0, 0.05) is 17.5 Å². The van der Waals surface area contributed by atoms with Crippen LogP contribution in [0.1, 0.15) is 18.7 Å². The van der Waals surface area contributed by atoms with Crippen molar-refractivity contribution >= 4 is 23.9 Å². The van der Waals surface area contributed by atoms with Crippen LogP contribution in [0.4, 0.5) is 0 Å². The highest BCUT2D eigenvalue weighted by atomic mass is 32.1. The Morgan fingerprint density at radius 3 is 2.85 bits per heavy atom. The Hall–Kier alpha value is -0.355. The quantitative estimate of drug-likeness (QED) is 0.686. The molecule has 1 heterocycles. The van der Waals surface area contributed by atoms with E-state index in [1.54, 1.807) is 0 Å². The monoisotopic (exact) mass is 199 g/mol. The molecule has 0 aliphatic heterocycles. The second-order valence-corrected chi connectivity index (χ2v) is 4.08. The largest absolute Gasteiger partial charge is 0.492 e. The molecule has 0 aliphatic carbocycles. The summed E-state index contributed by atoms with van der Waals surface area (Å²) in [5.74, 6) is 0. The molecular weight excluding hydrogens is 185 g/mol. The maximum atomic E-state index is 9.54. The van der Waals surface area contributed by atoms with E-state index in [1.165, 1.54) is 11.3 Å². The van der Waals surface area contributed by atoms with Gasteiger partial charge in [0.1, 0.15) is 0 Å². The number of hydrogen-bond donors (Lipinski definition) is 2. The van der Waals surface area contributed by atoms with Crippen molar-refractivity contribution in [3.63, 3.8) is 0 Å². The molecule has 0 atom stereocenters. The molecule has 0 aromatic carbocycles. The predicted molar refractivity (Wildman–Crippen MR) is 56.0 cm³/mol. The van der Waals surface area contributed by atoms with E-state index >= 15 is 0 Å². The molecule has 3 N–H and O–H groups in total. The van der Waals surface area contributed by atoms with E-state index in [0.717, 1.165) is 10.3 Å². The first-order valence-electron chi connectivity index (χ1n) is 4.24. The van der Waals surface area contributed by atoms with Gasteiger partial charge in [0.2, 0.25) is 0 Å². The average molecular weight is 199 g/mol. The van der Waals surface area contributed by atoms with Gasteiger partial charge in [-0.3, -0.25) is 0 Å². The summed E-state index contributed by atoms with van der Waals surface area (Å²) in [5, 5.41) is 11.4. The van der Waals surface area contributed by atoms with Crippen LogP contribution in [0.25, 0.3) is 0 Å². The van der Waals surface area contributed by atoms with Crippen molar-refractivity contribution in [2.24, 2.45) is 5.73 Å². The summed E-state index contributed by atoms with van der Waals surface area (Å²) in [6.45, 7) is 4.29. The highest BCUT2D eigenvalue weighted by Crippen LogP contribution is 2.06. The maximum Gasteiger partial charge on any atom is 0.492 e. The van der Waals surface area contributed by atoms with Crippen LogP contribution in [0.3, 0.4) is 0 Å². The zero-order chi connectivity index (χ0) is 9.84. The van der Waals surface area contributed by atoms with Crippen molar-refractivity contribution in [3.05, 3.63) is 16.3 Å². The van der Waals surface area contributed by atoms with Gasteiger partial charge in [-0.25, -0.2) is 0 Å². The van der Waals surface area contributed by atoms with Gasteiger partial charge in [-0.2, -0.15) is 0 Å². The highest BCUT2D eigenvalue weighted by Gasteiger charge is 2.19. The van der Waals surface area contributed by atoms with E-state index in [0.29, 0.717) is 6.54 Å². The molecule has 5 heteroatoms. The SMILES string of the molecule is CC(C)OB(O)c1csc(CN)c1. The minimum absolute atomic E-state index is 0.0243. The number of hydrogen-bond acceptors (Lipinski definition) is 4. The van der Waals surface area contributed by atoms with E-state index in [1.807, 2.05) is 25.3 Å². The van der Waals surface area contributed by atoms with Crippen LogP contribution in [-0.2, 0) is 11.2 Å². The van der Waals surface area contributed by atoms with Crippen LogP contribution < -0.4 is 11.2 Å². The van der Waals surface area contributed by atoms with E-state index in [-0.39, 0.29) is 6.10 Å². The highest BCUT2D eigenvalue weighted by molar-refractivity contribution is 7.11. The normalized spacial score (nSPS) is 10.8. The summed E-state index contributed by atoms with van der Waals surface area (Å²) in [5.41, 5.74) is 6.24. The molecule has 1 aromatic heterocycles. The number of nitrogens with two attached hydrogens (primary N) is 1. The Labute approximate surface area is 82.7 Å². The van der Waals surface area contributed by atoms with Gasteiger partial charge >= 0.3 is 7.12 Å².